The van der Waals surface area contributed by atoms with E-state index in [1.165, 1.54) is 6.20 Å². The fourth-order valence-electron chi connectivity index (χ4n) is 2.54. The van der Waals surface area contributed by atoms with Crippen molar-refractivity contribution in [3.63, 3.8) is 0 Å². The van der Waals surface area contributed by atoms with Crippen LogP contribution in [0, 0.1) is 22.6 Å². The molecule has 1 aromatic heterocycles. The van der Waals surface area contributed by atoms with E-state index in [-0.39, 0.29) is 12.0 Å². The monoisotopic (exact) mass is 756 g/mol. The minimum atomic E-state index is -3.33. The molecule has 0 spiro atoms. The lowest BCUT2D eigenvalue weighted by atomic mass is 10.2. The van der Waals surface area contributed by atoms with E-state index in [0.717, 1.165) is 20.8 Å². The molecule has 0 amide bonds. The summed E-state index contributed by atoms with van der Waals surface area (Å²) >= 11 is 6.57. The highest BCUT2D eigenvalue weighted by Crippen LogP contribution is 2.33. The summed E-state index contributed by atoms with van der Waals surface area (Å²) < 4.78 is 24.9. The largest absolute Gasteiger partial charge is 0.388 e. The Balaban J connectivity index is 1.94. The average molecular weight is 756 g/mol. The zero-order valence-electron chi connectivity index (χ0n) is 14.2. The van der Waals surface area contributed by atoms with E-state index >= 15 is 0 Å². The number of nitrogens with one attached hydrogen (secondary N) is 1. The molecule has 1 aliphatic heterocycles. The number of aliphatic hydroxyl groups excluding tert-OH is 1. The number of rotatable bonds is 3. The molecule has 1 unspecified atom stereocenters. The topological polar surface area (TPSA) is 131 Å². The van der Waals surface area contributed by atoms with Crippen molar-refractivity contribution in [1.82, 2.24) is 9.55 Å². The van der Waals surface area contributed by atoms with Crippen LogP contribution in [-0.2, 0) is 13.8 Å². The summed E-state index contributed by atoms with van der Waals surface area (Å²) in [7, 11) is -3.33. The van der Waals surface area contributed by atoms with E-state index in [4.69, 9.17) is 9.63 Å². The van der Waals surface area contributed by atoms with Crippen molar-refractivity contribution in [2.45, 2.75) is 25.0 Å². The van der Waals surface area contributed by atoms with Gasteiger partial charge in [0.15, 0.2) is 6.29 Å². The quantitative estimate of drug-likeness (QED) is 0.189. The zero-order chi connectivity index (χ0) is 21.3. The lowest BCUT2D eigenvalue weighted by Crippen LogP contribution is -2.33. The Morgan fingerprint density at radius 3 is 2.52 bits per heavy atom. The van der Waals surface area contributed by atoms with Gasteiger partial charge in [0.2, 0.25) is 0 Å². The Bertz CT molecular complexity index is 1150. The van der Waals surface area contributed by atoms with Crippen LogP contribution < -0.4 is 11.2 Å². The van der Waals surface area contributed by atoms with Crippen molar-refractivity contribution >= 4 is 76.0 Å². The molecule has 0 aliphatic carbocycles. The Kier molecular flexibility index (Phi) is 7.98. The summed E-state index contributed by atoms with van der Waals surface area (Å²) in [4.78, 5) is 35.3. The highest BCUT2D eigenvalue weighted by molar-refractivity contribution is 14.1. The first-order chi connectivity index (χ1) is 13.7. The molecule has 0 saturated carbocycles. The molecule has 9 nitrogen and oxygen atoms in total. The van der Waals surface area contributed by atoms with E-state index in [2.05, 4.69) is 89.1 Å². The predicted octanol–water partition coefficient (Wildman–Crippen LogP) is 1.75. The summed E-state index contributed by atoms with van der Waals surface area (Å²) in [6.07, 6.45) is -2.36. The normalized spacial score (nSPS) is 22.2. The van der Waals surface area contributed by atoms with E-state index in [1.807, 2.05) is 12.1 Å². The van der Waals surface area contributed by atoms with Crippen LogP contribution in [0.1, 0.15) is 23.8 Å². The predicted molar refractivity (Wildman–Crippen MR) is 129 cm³/mol. The zero-order valence-corrected chi connectivity index (χ0v) is 21.7. The van der Waals surface area contributed by atoms with Gasteiger partial charge in [-0.05, 0) is 79.9 Å². The molecule has 1 aliphatic rings. The van der Waals surface area contributed by atoms with Crippen LogP contribution in [0.2, 0.25) is 0 Å². The SMILES string of the molecule is O=c1[nH]c(=O)n([C@H]2C[C@@H](O)[C@@H](O[PH](=O)O)O2)cc1C#Cc1cc(I)c(I)cc1I. The Morgan fingerprint density at radius 2 is 1.83 bits per heavy atom. The maximum atomic E-state index is 12.2. The molecule has 29 heavy (non-hydrogen) atoms. The van der Waals surface area contributed by atoms with Crippen LogP contribution in [0.3, 0.4) is 0 Å². The summed E-state index contributed by atoms with van der Waals surface area (Å²) in [5.41, 5.74) is -0.636. The van der Waals surface area contributed by atoms with Gasteiger partial charge in [0, 0.05) is 28.9 Å². The number of hydrogen-bond acceptors (Lipinski definition) is 6. The van der Waals surface area contributed by atoms with Crippen LogP contribution in [0.15, 0.2) is 27.9 Å². The number of ether oxygens (including phenoxy) is 1. The van der Waals surface area contributed by atoms with E-state index in [0.29, 0.717) is 0 Å². The molecule has 1 saturated heterocycles. The van der Waals surface area contributed by atoms with Crippen molar-refractivity contribution in [3.05, 3.63) is 61.0 Å². The van der Waals surface area contributed by atoms with Gasteiger partial charge in [-0.3, -0.25) is 23.4 Å². The van der Waals surface area contributed by atoms with Crippen molar-refractivity contribution in [3.8, 4) is 11.8 Å². The van der Waals surface area contributed by atoms with Crippen molar-refractivity contribution in [2.24, 2.45) is 0 Å². The van der Waals surface area contributed by atoms with Gasteiger partial charge < -0.3 is 14.7 Å². The van der Waals surface area contributed by atoms with Crippen LogP contribution in [0.25, 0.3) is 0 Å². The molecule has 1 fully saturated rings. The Hall–Kier alpha value is -0.280. The van der Waals surface area contributed by atoms with Crippen LogP contribution in [0.5, 0.6) is 0 Å². The number of aliphatic hydroxyl groups is 1. The third kappa shape index (κ3) is 5.70. The first kappa shape index (κ1) is 23.4. The van der Waals surface area contributed by atoms with Crippen LogP contribution in [0.4, 0.5) is 0 Å². The smallest absolute Gasteiger partial charge is 0.330 e. The molecule has 2 heterocycles. The molecular formula is C16H12I3N2O7P. The summed E-state index contributed by atoms with van der Waals surface area (Å²) in [5, 5.41) is 9.91. The van der Waals surface area contributed by atoms with Crippen molar-refractivity contribution in [1.29, 1.82) is 0 Å². The fourth-order valence-corrected chi connectivity index (χ4v) is 5.09. The number of aromatic amines is 1. The Morgan fingerprint density at radius 1 is 1.17 bits per heavy atom. The van der Waals surface area contributed by atoms with Crippen LogP contribution >= 0.6 is 76.0 Å². The van der Waals surface area contributed by atoms with E-state index < -0.39 is 38.1 Å². The number of aromatic nitrogens is 2. The highest BCUT2D eigenvalue weighted by Gasteiger charge is 2.37. The molecule has 1 aromatic carbocycles. The van der Waals surface area contributed by atoms with Crippen molar-refractivity contribution in [2.75, 3.05) is 0 Å². The number of benzene rings is 1. The minimum Gasteiger partial charge on any atom is -0.388 e. The third-order valence-corrected chi connectivity index (χ3v) is 8.03. The average Bonchev–Trinajstić information content (AvgIpc) is 2.98. The lowest BCUT2D eigenvalue weighted by Gasteiger charge is -2.15. The first-order valence-electron chi connectivity index (χ1n) is 7.91. The number of halogens is 3. The molecule has 4 atom stereocenters. The highest BCUT2D eigenvalue weighted by atomic mass is 127. The second-order valence-electron chi connectivity index (χ2n) is 5.85. The van der Waals surface area contributed by atoms with Gasteiger partial charge in [0.05, 0.1) is 0 Å². The van der Waals surface area contributed by atoms with Gasteiger partial charge in [-0.15, -0.1) is 0 Å². The summed E-state index contributed by atoms with van der Waals surface area (Å²) in [5.74, 6) is 5.70. The molecule has 0 bridgehead atoms. The van der Waals surface area contributed by atoms with Gasteiger partial charge in [-0.25, -0.2) is 4.79 Å². The van der Waals surface area contributed by atoms with Crippen LogP contribution in [-0.4, -0.2) is 31.9 Å². The molecule has 13 heteroatoms. The van der Waals surface area contributed by atoms with Gasteiger partial charge >= 0.3 is 13.9 Å². The second kappa shape index (κ2) is 9.90. The summed E-state index contributed by atoms with van der Waals surface area (Å²) in [6, 6.07) is 3.87. The third-order valence-electron chi connectivity index (χ3n) is 3.89. The number of H-pyrrole nitrogens is 1. The molecular weight excluding hydrogens is 744 g/mol. The molecule has 2 aromatic rings. The van der Waals surface area contributed by atoms with Gasteiger partial charge in [-0.2, -0.15) is 0 Å². The molecule has 154 valence electrons. The molecule has 3 N–H and O–H groups in total. The van der Waals surface area contributed by atoms with Gasteiger partial charge in [-0.1, -0.05) is 11.8 Å². The summed E-state index contributed by atoms with van der Waals surface area (Å²) in [6.45, 7) is 0. The maximum absolute atomic E-state index is 12.2. The lowest BCUT2D eigenvalue weighted by molar-refractivity contribution is -0.126. The molecule has 0 radical (unpaired) electrons. The maximum Gasteiger partial charge on any atom is 0.330 e. The van der Waals surface area contributed by atoms with E-state index in [9.17, 15) is 19.3 Å². The first-order valence-corrected chi connectivity index (χ1v) is 12.4. The fraction of sp³-hybridized carbons (Fsp3) is 0.250. The van der Waals surface area contributed by atoms with Crippen molar-refractivity contribution < 1.29 is 23.8 Å². The molecule has 3 rings (SSSR count). The Labute approximate surface area is 205 Å². The van der Waals surface area contributed by atoms with Gasteiger partial charge in [0.1, 0.15) is 17.9 Å². The second-order valence-corrected chi connectivity index (χ2v) is 10.1. The minimum absolute atomic E-state index is 0.0344. The van der Waals surface area contributed by atoms with Gasteiger partial charge in [0.25, 0.3) is 5.56 Å². The number of hydrogen-bond donors (Lipinski definition) is 3. The number of nitrogens with zero attached hydrogens (tertiary/aromatic N) is 1. The standard InChI is InChI=1S/C16H12I3N2O7P/c17-9-4-11(19)10(18)3-7(9)1-2-8-6-21(16(24)20-14(8)23)13-5-12(22)15(27-13)28-29(25)26/h3-4,6,12-13,15,22,29H,5H2,(H,25,26)(H,20,23,24)/t12-,13-,15-/m1/s1. The van der Waals surface area contributed by atoms with E-state index in [1.54, 1.807) is 0 Å².